The van der Waals surface area contributed by atoms with Crippen molar-refractivity contribution in [3.63, 3.8) is 0 Å². The van der Waals surface area contributed by atoms with Crippen molar-refractivity contribution >= 4 is 39.1 Å². The first-order valence-corrected chi connectivity index (χ1v) is 14.2. The van der Waals surface area contributed by atoms with E-state index >= 15 is 0 Å². The Hall–Kier alpha value is -2.76. The lowest BCUT2D eigenvalue weighted by molar-refractivity contribution is -0.100. The molecule has 4 rings (SSSR count). The first kappa shape index (κ1) is 28.3. The fourth-order valence-electron chi connectivity index (χ4n) is 5.37. The number of β-amino-alcohol motifs (C(OH)–C–C–N with tert-alkyl or cyclic N) is 1. The van der Waals surface area contributed by atoms with E-state index in [2.05, 4.69) is 5.32 Å². The van der Waals surface area contributed by atoms with Crippen molar-refractivity contribution in [1.82, 2.24) is 4.90 Å². The fourth-order valence-corrected chi connectivity index (χ4v) is 7.83. The number of carbonyl (C=O) groups is 2. The standard InChI is InChI=1S/C26H29ClF2N2O6S/c1-3-17-12-19(10-15(2)26(17,34)14-31-8-9-37-25(31)33)38(35,36)23-11-16(4-6-20(23)27)24(32)30-18-5-7-21(28)22(29)13-18/h4-7,11,13,15,17,19,34H,3,8-10,12,14H2,1-2H3,(H,30,32)/t15-,17+,19-,26-/m0/s1. The third-order valence-corrected chi connectivity index (χ3v) is 10.3. The number of ether oxygens (including phenoxy) is 1. The van der Waals surface area contributed by atoms with Crippen molar-refractivity contribution in [3.05, 3.63) is 58.6 Å². The quantitative estimate of drug-likeness (QED) is 0.501. The minimum absolute atomic E-state index is 0.00122. The number of hydrogen-bond acceptors (Lipinski definition) is 6. The summed E-state index contributed by atoms with van der Waals surface area (Å²) in [5, 5.41) is 13.1. The lowest BCUT2D eigenvalue weighted by Gasteiger charge is -2.48. The molecule has 1 aliphatic heterocycles. The molecule has 0 spiro atoms. The molecule has 2 fully saturated rings. The van der Waals surface area contributed by atoms with Crippen LogP contribution in [0.4, 0.5) is 19.3 Å². The molecule has 4 atom stereocenters. The van der Waals surface area contributed by atoms with E-state index in [1.165, 1.54) is 29.2 Å². The van der Waals surface area contributed by atoms with Gasteiger partial charge in [0.1, 0.15) is 6.61 Å². The Balaban J connectivity index is 1.57. The number of benzene rings is 2. The molecule has 0 unspecified atom stereocenters. The maximum atomic E-state index is 13.8. The molecule has 1 aliphatic carbocycles. The highest BCUT2D eigenvalue weighted by molar-refractivity contribution is 7.92. The third-order valence-electron chi connectivity index (χ3n) is 7.62. The van der Waals surface area contributed by atoms with Gasteiger partial charge < -0.3 is 20.1 Å². The monoisotopic (exact) mass is 570 g/mol. The average Bonchev–Trinajstić information content (AvgIpc) is 3.26. The van der Waals surface area contributed by atoms with Crippen LogP contribution in [0.2, 0.25) is 5.02 Å². The lowest BCUT2D eigenvalue weighted by Crippen LogP contribution is -2.57. The molecule has 2 aromatic rings. The van der Waals surface area contributed by atoms with Crippen LogP contribution in [0.5, 0.6) is 0 Å². The highest BCUT2D eigenvalue weighted by Gasteiger charge is 2.51. The molecular weight excluding hydrogens is 542 g/mol. The number of nitrogens with zero attached hydrogens (tertiary/aromatic N) is 1. The molecule has 1 heterocycles. The van der Waals surface area contributed by atoms with E-state index in [1.807, 2.05) is 6.92 Å². The van der Waals surface area contributed by atoms with Crippen molar-refractivity contribution in [1.29, 1.82) is 0 Å². The van der Waals surface area contributed by atoms with E-state index in [4.69, 9.17) is 16.3 Å². The van der Waals surface area contributed by atoms with Crippen LogP contribution in [-0.2, 0) is 14.6 Å². The fraction of sp³-hybridized carbons (Fsp3) is 0.462. The Bertz CT molecular complexity index is 1360. The van der Waals surface area contributed by atoms with Crippen LogP contribution < -0.4 is 5.32 Å². The summed E-state index contributed by atoms with van der Waals surface area (Å²) >= 11 is 6.29. The molecular formula is C26H29ClF2N2O6S. The van der Waals surface area contributed by atoms with Gasteiger partial charge in [-0.25, -0.2) is 22.0 Å². The summed E-state index contributed by atoms with van der Waals surface area (Å²) in [6.45, 7) is 4.28. The van der Waals surface area contributed by atoms with Gasteiger partial charge in [0, 0.05) is 17.3 Å². The molecule has 12 heteroatoms. The van der Waals surface area contributed by atoms with Crippen LogP contribution in [0.15, 0.2) is 41.3 Å². The van der Waals surface area contributed by atoms with Gasteiger partial charge in [0.25, 0.3) is 5.91 Å². The van der Waals surface area contributed by atoms with Gasteiger partial charge in [-0.2, -0.15) is 0 Å². The second-order valence-electron chi connectivity index (χ2n) is 9.90. The minimum Gasteiger partial charge on any atom is -0.448 e. The number of rotatable bonds is 7. The largest absolute Gasteiger partial charge is 0.448 e. The first-order chi connectivity index (χ1) is 17.9. The molecule has 0 aromatic heterocycles. The van der Waals surface area contributed by atoms with E-state index in [1.54, 1.807) is 6.92 Å². The van der Waals surface area contributed by atoms with Crippen molar-refractivity contribution in [3.8, 4) is 0 Å². The van der Waals surface area contributed by atoms with Crippen molar-refractivity contribution in [2.24, 2.45) is 11.8 Å². The van der Waals surface area contributed by atoms with Crippen molar-refractivity contribution in [2.75, 3.05) is 25.0 Å². The highest BCUT2D eigenvalue weighted by atomic mass is 35.5. The van der Waals surface area contributed by atoms with Gasteiger partial charge in [-0.05, 0) is 55.0 Å². The van der Waals surface area contributed by atoms with Gasteiger partial charge in [-0.15, -0.1) is 0 Å². The zero-order valence-electron chi connectivity index (χ0n) is 20.9. The number of anilines is 1. The maximum Gasteiger partial charge on any atom is 0.410 e. The Kier molecular flexibility index (Phi) is 8.02. The van der Waals surface area contributed by atoms with Gasteiger partial charge in [-0.3, -0.25) is 4.79 Å². The summed E-state index contributed by atoms with van der Waals surface area (Å²) in [5.74, 6) is -3.81. The first-order valence-electron chi connectivity index (χ1n) is 12.3. The van der Waals surface area contributed by atoms with Crippen LogP contribution in [0.3, 0.4) is 0 Å². The zero-order valence-corrected chi connectivity index (χ0v) is 22.5. The van der Waals surface area contributed by atoms with E-state index in [0.29, 0.717) is 13.0 Å². The number of aliphatic hydroxyl groups is 1. The van der Waals surface area contributed by atoms with E-state index in [9.17, 15) is 31.9 Å². The normalized spacial score (nSPS) is 25.8. The Morgan fingerprint density at radius 3 is 2.58 bits per heavy atom. The van der Waals surface area contributed by atoms with E-state index < -0.39 is 56.2 Å². The molecule has 2 N–H and O–H groups in total. The van der Waals surface area contributed by atoms with Crippen LogP contribution in [0.1, 0.15) is 43.5 Å². The van der Waals surface area contributed by atoms with Gasteiger partial charge in [0.05, 0.1) is 33.9 Å². The molecule has 0 bridgehead atoms. The summed E-state index contributed by atoms with van der Waals surface area (Å²) in [5.41, 5.74) is -1.32. The molecule has 2 aliphatic rings. The zero-order chi connectivity index (χ0) is 27.8. The predicted molar refractivity (Wildman–Crippen MR) is 137 cm³/mol. The van der Waals surface area contributed by atoms with Crippen LogP contribution >= 0.6 is 11.6 Å². The summed E-state index contributed by atoms with van der Waals surface area (Å²) in [7, 11) is -4.04. The molecule has 8 nitrogen and oxygen atoms in total. The lowest BCUT2D eigenvalue weighted by atomic mass is 9.67. The average molecular weight is 571 g/mol. The topological polar surface area (TPSA) is 113 Å². The van der Waals surface area contributed by atoms with Gasteiger partial charge in [0.15, 0.2) is 21.5 Å². The molecule has 1 saturated carbocycles. The molecule has 2 aromatic carbocycles. The summed E-state index contributed by atoms with van der Waals surface area (Å²) in [4.78, 5) is 26.0. The summed E-state index contributed by atoms with van der Waals surface area (Å²) in [6.07, 6.45) is 0.255. The summed E-state index contributed by atoms with van der Waals surface area (Å²) < 4.78 is 59.2. The second kappa shape index (κ2) is 10.8. The molecule has 2 amide bonds. The van der Waals surface area contributed by atoms with Crippen LogP contribution in [0.25, 0.3) is 0 Å². The third kappa shape index (κ3) is 5.37. The van der Waals surface area contributed by atoms with E-state index in [0.717, 1.165) is 12.1 Å². The van der Waals surface area contributed by atoms with Gasteiger partial charge in [0.2, 0.25) is 0 Å². The maximum absolute atomic E-state index is 13.8. The summed E-state index contributed by atoms with van der Waals surface area (Å²) in [6, 6.07) is 6.67. The Labute approximate surface area is 224 Å². The molecule has 206 valence electrons. The van der Waals surface area contributed by atoms with Crippen LogP contribution in [-0.4, -0.2) is 61.0 Å². The number of carbonyl (C=O) groups excluding carboxylic acids is 2. The SMILES string of the molecule is CC[C@@H]1C[C@@H](S(=O)(=O)c2cc(C(=O)Nc3ccc(F)c(F)c3)ccc2Cl)C[C@H](C)[C@@]1(O)CN1CCOC1=O. The van der Waals surface area contributed by atoms with Gasteiger partial charge in [-0.1, -0.05) is 31.9 Å². The molecule has 1 saturated heterocycles. The number of sulfone groups is 1. The highest BCUT2D eigenvalue weighted by Crippen LogP contribution is 2.45. The number of halogens is 3. The number of amides is 2. The number of nitrogens with one attached hydrogen (secondary N) is 1. The molecule has 0 radical (unpaired) electrons. The van der Waals surface area contributed by atoms with Crippen molar-refractivity contribution < 1.29 is 36.6 Å². The number of hydrogen-bond donors (Lipinski definition) is 2. The van der Waals surface area contributed by atoms with E-state index in [-0.39, 0.29) is 47.2 Å². The number of cyclic esters (lactones) is 1. The Morgan fingerprint density at radius 2 is 1.95 bits per heavy atom. The second-order valence-corrected chi connectivity index (χ2v) is 12.5. The van der Waals surface area contributed by atoms with Gasteiger partial charge >= 0.3 is 6.09 Å². The smallest absolute Gasteiger partial charge is 0.410 e. The predicted octanol–water partition coefficient (Wildman–Crippen LogP) is 4.65. The van der Waals surface area contributed by atoms with Crippen molar-refractivity contribution in [2.45, 2.75) is 48.9 Å². The minimum atomic E-state index is -4.04. The van der Waals surface area contributed by atoms with Crippen LogP contribution in [0, 0.1) is 23.5 Å². The molecule has 38 heavy (non-hydrogen) atoms. The Morgan fingerprint density at radius 1 is 1.21 bits per heavy atom.